The van der Waals surface area contributed by atoms with Crippen molar-refractivity contribution in [1.82, 2.24) is 10.3 Å². The van der Waals surface area contributed by atoms with Gasteiger partial charge in [-0.2, -0.15) is 4.98 Å². The molecule has 1 fully saturated rings. The lowest BCUT2D eigenvalue weighted by Crippen LogP contribution is -2.17. The number of nitrogens with zero attached hydrogens (tertiary/aromatic N) is 2. The molecule has 2 aromatic rings. The van der Waals surface area contributed by atoms with Crippen LogP contribution < -0.4 is 10.6 Å². The van der Waals surface area contributed by atoms with E-state index in [1.807, 2.05) is 0 Å². The molecule has 0 bridgehead atoms. The van der Waals surface area contributed by atoms with Gasteiger partial charge in [-0.05, 0) is 31.5 Å². The summed E-state index contributed by atoms with van der Waals surface area (Å²) in [5.41, 5.74) is 1.08. The van der Waals surface area contributed by atoms with Crippen LogP contribution in [-0.2, 0) is 0 Å². The van der Waals surface area contributed by atoms with Crippen molar-refractivity contribution in [2.24, 2.45) is 5.92 Å². The monoisotopic (exact) mass is 298 g/mol. The van der Waals surface area contributed by atoms with E-state index < -0.39 is 4.92 Å². The van der Waals surface area contributed by atoms with Crippen LogP contribution in [0.1, 0.15) is 6.42 Å². The van der Waals surface area contributed by atoms with Crippen molar-refractivity contribution in [3.63, 3.8) is 0 Å². The minimum Gasteiger partial charge on any atom is -0.424 e. The molecule has 1 atom stereocenters. The van der Waals surface area contributed by atoms with E-state index in [1.165, 1.54) is 12.1 Å². The van der Waals surface area contributed by atoms with Crippen LogP contribution in [0.25, 0.3) is 11.1 Å². The van der Waals surface area contributed by atoms with Gasteiger partial charge < -0.3 is 15.1 Å². The molecular weight excluding hydrogens is 284 g/mol. The Hall–Kier alpha value is -1.86. The smallest absolute Gasteiger partial charge is 0.295 e. The second-order valence-electron chi connectivity index (χ2n) is 4.67. The lowest BCUT2D eigenvalue weighted by atomic mass is 10.1. The Morgan fingerprint density at radius 1 is 1.55 bits per heavy atom. The molecule has 0 saturated carbocycles. The van der Waals surface area contributed by atoms with Gasteiger partial charge >= 0.3 is 0 Å². The van der Waals surface area contributed by atoms with E-state index in [0.29, 0.717) is 23.0 Å². The highest BCUT2D eigenvalue weighted by molar-refractivity contribution is 5.85. The van der Waals surface area contributed by atoms with Gasteiger partial charge in [-0.1, -0.05) is 0 Å². The molecular formula is C12H15ClN4O3. The first-order valence-electron chi connectivity index (χ1n) is 6.22. The number of hydrogen-bond donors (Lipinski definition) is 2. The predicted octanol–water partition coefficient (Wildman–Crippen LogP) is 2.18. The summed E-state index contributed by atoms with van der Waals surface area (Å²) in [5.74, 6) is 0.573. The third-order valence-electron chi connectivity index (χ3n) is 3.29. The molecule has 8 heteroatoms. The van der Waals surface area contributed by atoms with E-state index in [9.17, 15) is 10.1 Å². The first-order chi connectivity index (χ1) is 9.22. The zero-order chi connectivity index (χ0) is 13.2. The summed E-state index contributed by atoms with van der Waals surface area (Å²) in [7, 11) is 0. The normalized spacial score (nSPS) is 17.9. The van der Waals surface area contributed by atoms with Gasteiger partial charge in [0, 0.05) is 18.7 Å². The molecule has 108 valence electrons. The SMILES string of the molecule is Cl.O=[N+]([O-])c1ccc2oc(NCC3CCNC3)nc2c1. The van der Waals surface area contributed by atoms with E-state index in [-0.39, 0.29) is 18.1 Å². The van der Waals surface area contributed by atoms with Gasteiger partial charge in [-0.3, -0.25) is 10.1 Å². The Morgan fingerprint density at radius 2 is 2.40 bits per heavy atom. The molecule has 1 aromatic carbocycles. The minimum atomic E-state index is -0.439. The van der Waals surface area contributed by atoms with E-state index in [0.717, 1.165) is 26.1 Å². The van der Waals surface area contributed by atoms with E-state index in [1.54, 1.807) is 6.07 Å². The summed E-state index contributed by atoms with van der Waals surface area (Å²) >= 11 is 0. The molecule has 0 spiro atoms. The second kappa shape index (κ2) is 6.06. The molecule has 1 aliphatic heterocycles. The Kier molecular flexibility index (Phi) is 4.41. The number of anilines is 1. The molecule has 7 nitrogen and oxygen atoms in total. The van der Waals surface area contributed by atoms with Gasteiger partial charge in [0.15, 0.2) is 5.58 Å². The van der Waals surface area contributed by atoms with Gasteiger partial charge in [0.25, 0.3) is 11.7 Å². The molecule has 0 aliphatic carbocycles. The van der Waals surface area contributed by atoms with Gasteiger partial charge in [-0.25, -0.2) is 0 Å². The van der Waals surface area contributed by atoms with Crippen LogP contribution in [0.5, 0.6) is 0 Å². The Labute approximate surface area is 121 Å². The van der Waals surface area contributed by atoms with Crippen molar-refractivity contribution >= 4 is 35.2 Å². The largest absolute Gasteiger partial charge is 0.424 e. The van der Waals surface area contributed by atoms with Crippen LogP contribution in [0.2, 0.25) is 0 Å². The molecule has 20 heavy (non-hydrogen) atoms. The average molecular weight is 299 g/mol. The summed E-state index contributed by atoms with van der Waals surface area (Å²) in [6.45, 7) is 2.84. The number of oxazole rings is 1. The molecule has 1 unspecified atom stereocenters. The number of halogens is 1. The van der Waals surface area contributed by atoms with Crippen LogP contribution in [0.4, 0.5) is 11.7 Å². The first-order valence-corrected chi connectivity index (χ1v) is 6.22. The number of benzene rings is 1. The van der Waals surface area contributed by atoms with Crippen LogP contribution in [0.3, 0.4) is 0 Å². The number of nitro benzene ring substituents is 1. The Bertz CT molecular complexity index is 610. The highest BCUT2D eigenvalue weighted by Gasteiger charge is 2.16. The second-order valence-corrected chi connectivity index (χ2v) is 4.67. The van der Waals surface area contributed by atoms with Crippen molar-refractivity contribution in [1.29, 1.82) is 0 Å². The quantitative estimate of drug-likeness (QED) is 0.664. The average Bonchev–Trinajstić information content (AvgIpc) is 3.04. The zero-order valence-corrected chi connectivity index (χ0v) is 11.5. The highest BCUT2D eigenvalue weighted by Crippen LogP contribution is 2.23. The number of hydrogen-bond acceptors (Lipinski definition) is 6. The number of aromatic nitrogens is 1. The van der Waals surface area contributed by atoms with Crippen molar-refractivity contribution in [3.05, 3.63) is 28.3 Å². The summed E-state index contributed by atoms with van der Waals surface area (Å²) in [6.07, 6.45) is 1.14. The van der Waals surface area contributed by atoms with E-state index in [2.05, 4.69) is 15.6 Å². The lowest BCUT2D eigenvalue weighted by Gasteiger charge is -2.07. The fourth-order valence-corrected chi connectivity index (χ4v) is 2.23. The minimum absolute atomic E-state index is 0. The Balaban J connectivity index is 0.00000147. The van der Waals surface area contributed by atoms with Crippen LogP contribution in [0, 0.1) is 16.0 Å². The number of rotatable bonds is 4. The molecule has 1 aromatic heterocycles. The van der Waals surface area contributed by atoms with E-state index in [4.69, 9.17) is 4.42 Å². The molecule has 3 rings (SSSR count). The summed E-state index contributed by atoms with van der Waals surface area (Å²) in [4.78, 5) is 14.5. The van der Waals surface area contributed by atoms with Gasteiger partial charge in [0.2, 0.25) is 0 Å². The number of nitro groups is 1. The maximum absolute atomic E-state index is 10.7. The molecule has 2 heterocycles. The maximum Gasteiger partial charge on any atom is 0.295 e. The predicted molar refractivity (Wildman–Crippen MR) is 77.4 cm³/mol. The maximum atomic E-state index is 10.7. The molecule has 0 radical (unpaired) electrons. The van der Waals surface area contributed by atoms with Crippen molar-refractivity contribution in [2.75, 3.05) is 25.0 Å². The van der Waals surface area contributed by atoms with Gasteiger partial charge in [-0.15, -0.1) is 12.4 Å². The van der Waals surface area contributed by atoms with Gasteiger partial charge in [0.1, 0.15) is 5.52 Å². The highest BCUT2D eigenvalue weighted by atomic mass is 35.5. The molecule has 0 amide bonds. The summed E-state index contributed by atoms with van der Waals surface area (Å²) < 4.78 is 5.50. The number of fused-ring (bicyclic) bond motifs is 1. The number of non-ortho nitro benzene ring substituents is 1. The molecule has 1 aliphatic rings. The fraction of sp³-hybridized carbons (Fsp3) is 0.417. The Morgan fingerprint density at radius 3 is 3.10 bits per heavy atom. The first kappa shape index (κ1) is 14.5. The third kappa shape index (κ3) is 3.00. The summed E-state index contributed by atoms with van der Waals surface area (Å²) in [6, 6.07) is 4.82. The van der Waals surface area contributed by atoms with Crippen molar-refractivity contribution in [3.8, 4) is 0 Å². The van der Waals surface area contributed by atoms with Crippen LogP contribution >= 0.6 is 12.4 Å². The third-order valence-corrected chi connectivity index (χ3v) is 3.29. The summed E-state index contributed by atoms with van der Waals surface area (Å²) in [5, 5.41) is 17.1. The van der Waals surface area contributed by atoms with Gasteiger partial charge in [0.05, 0.1) is 4.92 Å². The fourth-order valence-electron chi connectivity index (χ4n) is 2.23. The zero-order valence-electron chi connectivity index (χ0n) is 10.7. The lowest BCUT2D eigenvalue weighted by molar-refractivity contribution is -0.384. The molecule has 1 saturated heterocycles. The van der Waals surface area contributed by atoms with Crippen LogP contribution in [0.15, 0.2) is 22.6 Å². The standard InChI is InChI=1S/C12H14N4O3.ClH/c17-16(18)9-1-2-11-10(5-9)15-12(19-11)14-7-8-3-4-13-6-8;/h1-2,5,8,13H,3-4,6-7H2,(H,14,15);1H. The number of nitrogens with one attached hydrogen (secondary N) is 2. The van der Waals surface area contributed by atoms with Crippen LogP contribution in [-0.4, -0.2) is 29.5 Å². The van der Waals surface area contributed by atoms with Crippen molar-refractivity contribution < 1.29 is 9.34 Å². The van der Waals surface area contributed by atoms with Crippen molar-refractivity contribution in [2.45, 2.75) is 6.42 Å². The van der Waals surface area contributed by atoms with E-state index >= 15 is 0 Å². The topological polar surface area (TPSA) is 93.2 Å². The molecule has 2 N–H and O–H groups in total.